The summed E-state index contributed by atoms with van der Waals surface area (Å²) < 4.78 is 7.94. The maximum atomic E-state index is 12.2. The van der Waals surface area contributed by atoms with Gasteiger partial charge in [-0.25, -0.2) is 9.36 Å². The van der Waals surface area contributed by atoms with E-state index in [1.165, 1.54) is 17.0 Å². The van der Waals surface area contributed by atoms with E-state index in [2.05, 4.69) is 6.58 Å². The second kappa shape index (κ2) is 5.14. The number of hydrogen-bond acceptors (Lipinski definition) is 4. The highest BCUT2D eigenvalue weighted by atomic mass is 16.5. The molecule has 0 bridgehead atoms. The van der Waals surface area contributed by atoms with Crippen molar-refractivity contribution < 1.29 is 9.84 Å². The van der Waals surface area contributed by atoms with Crippen LogP contribution in [-0.2, 0) is 4.74 Å². The van der Waals surface area contributed by atoms with Gasteiger partial charge in [0.1, 0.15) is 6.23 Å². The molecule has 6 nitrogen and oxygen atoms in total. The lowest BCUT2D eigenvalue weighted by Crippen LogP contribution is -2.39. The standard InChI is InChI=1S/C13H18N2O4/c1-4-10-9(16)6-11(19-10)15-7-8(3)12(17)14(5-2)13(15)18/h5,7,9-11,16H,2,4,6H2,1,3H3/t9?,10-,11-/m1/s1. The van der Waals surface area contributed by atoms with Crippen LogP contribution in [0.1, 0.15) is 31.6 Å². The third-order valence-electron chi connectivity index (χ3n) is 3.42. The minimum atomic E-state index is -0.591. The molecule has 1 N–H and O–H groups in total. The predicted molar refractivity (Wildman–Crippen MR) is 70.9 cm³/mol. The summed E-state index contributed by atoms with van der Waals surface area (Å²) in [6.07, 6.45) is 2.27. The van der Waals surface area contributed by atoms with Gasteiger partial charge in [0, 0.05) is 24.4 Å². The van der Waals surface area contributed by atoms with Crippen molar-refractivity contribution in [3.63, 3.8) is 0 Å². The second-order valence-electron chi connectivity index (χ2n) is 4.70. The lowest BCUT2D eigenvalue weighted by atomic mass is 10.1. The number of aliphatic hydroxyl groups is 1. The van der Waals surface area contributed by atoms with Crippen LogP contribution >= 0.6 is 0 Å². The smallest absolute Gasteiger partial charge is 0.337 e. The molecular weight excluding hydrogens is 248 g/mol. The van der Waals surface area contributed by atoms with E-state index in [9.17, 15) is 14.7 Å². The Morgan fingerprint density at radius 3 is 2.79 bits per heavy atom. The molecule has 0 spiro atoms. The maximum absolute atomic E-state index is 12.2. The van der Waals surface area contributed by atoms with Crippen LogP contribution in [0, 0.1) is 6.92 Å². The molecule has 0 saturated carbocycles. The second-order valence-corrected chi connectivity index (χ2v) is 4.70. The fraction of sp³-hybridized carbons (Fsp3) is 0.538. The minimum Gasteiger partial charge on any atom is -0.390 e. The maximum Gasteiger partial charge on any atom is 0.337 e. The molecule has 6 heteroatoms. The first-order valence-electron chi connectivity index (χ1n) is 6.30. The molecule has 19 heavy (non-hydrogen) atoms. The number of aryl methyl sites for hydroxylation is 1. The Hall–Kier alpha value is -1.66. The first-order valence-corrected chi connectivity index (χ1v) is 6.30. The molecule has 1 aliphatic heterocycles. The monoisotopic (exact) mass is 266 g/mol. The molecule has 2 heterocycles. The zero-order valence-corrected chi connectivity index (χ0v) is 11.1. The molecule has 2 rings (SSSR count). The molecule has 0 radical (unpaired) electrons. The van der Waals surface area contributed by atoms with Gasteiger partial charge >= 0.3 is 5.69 Å². The van der Waals surface area contributed by atoms with Crippen LogP contribution in [0.5, 0.6) is 0 Å². The number of nitrogens with zero attached hydrogens (tertiary/aromatic N) is 2. The Morgan fingerprint density at radius 2 is 2.26 bits per heavy atom. The molecule has 104 valence electrons. The summed E-state index contributed by atoms with van der Waals surface area (Å²) in [7, 11) is 0. The third kappa shape index (κ3) is 2.29. The molecule has 1 aromatic rings. The number of aromatic nitrogens is 2. The molecule has 1 aliphatic rings. The van der Waals surface area contributed by atoms with E-state index in [0.717, 1.165) is 4.57 Å². The summed E-state index contributed by atoms with van der Waals surface area (Å²) in [5, 5.41) is 9.83. The Bertz CT molecular complexity index is 602. The van der Waals surface area contributed by atoms with Crippen molar-refractivity contribution in [1.29, 1.82) is 0 Å². The molecule has 3 atom stereocenters. The van der Waals surface area contributed by atoms with Gasteiger partial charge in [-0.3, -0.25) is 9.36 Å². The minimum absolute atomic E-state index is 0.277. The van der Waals surface area contributed by atoms with Crippen molar-refractivity contribution in [2.75, 3.05) is 0 Å². The number of ether oxygens (including phenoxy) is 1. The molecule has 0 aliphatic carbocycles. The van der Waals surface area contributed by atoms with E-state index in [1.807, 2.05) is 6.92 Å². The van der Waals surface area contributed by atoms with Crippen LogP contribution in [0.2, 0.25) is 0 Å². The Kier molecular flexibility index (Phi) is 3.73. The van der Waals surface area contributed by atoms with Crippen molar-refractivity contribution in [3.05, 3.63) is 39.2 Å². The number of hydrogen-bond donors (Lipinski definition) is 1. The van der Waals surface area contributed by atoms with Gasteiger partial charge in [-0.2, -0.15) is 0 Å². The first-order chi connectivity index (χ1) is 8.99. The fourth-order valence-electron chi connectivity index (χ4n) is 2.34. The van der Waals surface area contributed by atoms with Crippen LogP contribution < -0.4 is 11.2 Å². The molecular formula is C13H18N2O4. The molecule has 0 amide bonds. The van der Waals surface area contributed by atoms with Crippen LogP contribution in [0.3, 0.4) is 0 Å². The number of aliphatic hydroxyl groups excluding tert-OH is 1. The van der Waals surface area contributed by atoms with E-state index < -0.39 is 18.0 Å². The molecule has 1 fully saturated rings. The lowest BCUT2D eigenvalue weighted by molar-refractivity contribution is -0.0220. The van der Waals surface area contributed by atoms with Gasteiger partial charge < -0.3 is 9.84 Å². The summed E-state index contributed by atoms with van der Waals surface area (Å²) in [6, 6.07) is 0. The zero-order valence-electron chi connectivity index (χ0n) is 11.1. The highest BCUT2D eigenvalue weighted by Crippen LogP contribution is 2.29. The first kappa shape index (κ1) is 13.8. The van der Waals surface area contributed by atoms with Crippen LogP contribution in [0.25, 0.3) is 6.20 Å². The Balaban J connectivity index is 2.48. The van der Waals surface area contributed by atoms with E-state index in [0.29, 0.717) is 18.4 Å². The van der Waals surface area contributed by atoms with E-state index in [4.69, 9.17) is 4.74 Å². The van der Waals surface area contributed by atoms with Gasteiger partial charge in [0.25, 0.3) is 5.56 Å². The average Bonchev–Trinajstić information content (AvgIpc) is 2.75. The van der Waals surface area contributed by atoms with E-state index in [1.54, 1.807) is 6.92 Å². The van der Waals surface area contributed by atoms with Gasteiger partial charge in [-0.15, -0.1) is 0 Å². The lowest BCUT2D eigenvalue weighted by Gasteiger charge is -2.16. The van der Waals surface area contributed by atoms with Crippen molar-refractivity contribution in [1.82, 2.24) is 9.13 Å². The highest BCUT2D eigenvalue weighted by Gasteiger charge is 2.34. The zero-order chi connectivity index (χ0) is 14.2. The molecule has 0 aromatic carbocycles. The molecule has 1 unspecified atom stereocenters. The van der Waals surface area contributed by atoms with Gasteiger partial charge in [0.05, 0.1) is 12.2 Å². The van der Waals surface area contributed by atoms with Crippen LogP contribution in [0.15, 0.2) is 22.4 Å². The topological polar surface area (TPSA) is 73.5 Å². The van der Waals surface area contributed by atoms with Gasteiger partial charge in [0.2, 0.25) is 0 Å². The Morgan fingerprint density at radius 1 is 1.58 bits per heavy atom. The molecule has 1 aromatic heterocycles. The largest absolute Gasteiger partial charge is 0.390 e. The summed E-state index contributed by atoms with van der Waals surface area (Å²) in [4.78, 5) is 23.9. The summed E-state index contributed by atoms with van der Waals surface area (Å²) in [5.74, 6) is 0. The quantitative estimate of drug-likeness (QED) is 0.863. The van der Waals surface area contributed by atoms with Crippen LogP contribution in [-0.4, -0.2) is 26.4 Å². The van der Waals surface area contributed by atoms with Gasteiger partial charge in [0.15, 0.2) is 0 Å². The van der Waals surface area contributed by atoms with Crippen molar-refractivity contribution in [2.45, 2.75) is 45.1 Å². The average molecular weight is 266 g/mol. The normalized spacial score (nSPS) is 26.6. The fourth-order valence-corrected chi connectivity index (χ4v) is 2.34. The molecule has 1 saturated heterocycles. The third-order valence-corrected chi connectivity index (χ3v) is 3.42. The summed E-state index contributed by atoms with van der Waals surface area (Å²) in [5.41, 5.74) is -0.459. The van der Waals surface area contributed by atoms with E-state index in [-0.39, 0.29) is 11.7 Å². The predicted octanol–water partition coefficient (Wildman–Crippen LogP) is 0.477. The summed E-state index contributed by atoms with van der Waals surface area (Å²) >= 11 is 0. The van der Waals surface area contributed by atoms with Gasteiger partial charge in [-0.05, 0) is 13.3 Å². The SMILES string of the molecule is C=Cn1c(=O)c(C)cn([C@H]2CC(O)[C@@H](CC)O2)c1=O. The van der Waals surface area contributed by atoms with E-state index >= 15 is 0 Å². The summed E-state index contributed by atoms with van der Waals surface area (Å²) in [6.45, 7) is 7.00. The Labute approximate surface area is 110 Å². The van der Waals surface area contributed by atoms with Crippen molar-refractivity contribution >= 4 is 6.20 Å². The number of rotatable bonds is 3. The van der Waals surface area contributed by atoms with Crippen molar-refractivity contribution in [3.8, 4) is 0 Å². The van der Waals surface area contributed by atoms with Gasteiger partial charge in [-0.1, -0.05) is 13.5 Å². The van der Waals surface area contributed by atoms with Crippen LogP contribution in [0.4, 0.5) is 0 Å². The highest BCUT2D eigenvalue weighted by molar-refractivity contribution is 5.19. The van der Waals surface area contributed by atoms with Crippen molar-refractivity contribution in [2.24, 2.45) is 0 Å².